The van der Waals surface area contributed by atoms with Crippen LogP contribution >= 0.6 is 11.3 Å². The molecule has 2 aromatic heterocycles. The first-order valence-corrected chi connectivity index (χ1v) is 10.7. The highest BCUT2D eigenvalue weighted by Crippen LogP contribution is 2.20. The zero-order valence-corrected chi connectivity index (χ0v) is 18.2. The van der Waals surface area contributed by atoms with Gasteiger partial charge in [-0.3, -0.25) is 4.79 Å². The van der Waals surface area contributed by atoms with Crippen molar-refractivity contribution in [3.05, 3.63) is 80.4 Å². The second-order valence-corrected chi connectivity index (χ2v) is 8.36. The van der Waals surface area contributed by atoms with Gasteiger partial charge in [0.2, 0.25) is 0 Å². The molecule has 0 spiro atoms. The fraction of sp³-hybridized carbons (Fsp3) is 0.348. The molecule has 154 valence electrons. The molecule has 3 aromatic rings. The van der Waals surface area contributed by atoms with Crippen molar-refractivity contribution in [2.75, 3.05) is 39.1 Å². The smallest absolute Gasteiger partial charge is 0.254 e. The van der Waals surface area contributed by atoms with Gasteiger partial charge in [0.05, 0.1) is 13.2 Å². The van der Waals surface area contributed by atoms with E-state index in [9.17, 15) is 4.79 Å². The van der Waals surface area contributed by atoms with E-state index < -0.39 is 0 Å². The summed E-state index contributed by atoms with van der Waals surface area (Å²) in [7, 11) is 4.12. The molecule has 1 N–H and O–H groups in total. The molecule has 0 bridgehead atoms. The van der Waals surface area contributed by atoms with Gasteiger partial charge < -0.3 is 19.5 Å². The van der Waals surface area contributed by atoms with Gasteiger partial charge in [-0.15, -0.1) is 11.3 Å². The van der Waals surface area contributed by atoms with E-state index in [0.717, 1.165) is 30.8 Å². The Kier molecular flexibility index (Phi) is 7.49. The van der Waals surface area contributed by atoms with Crippen molar-refractivity contribution < 1.29 is 4.74 Å². The third kappa shape index (κ3) is 6.21. The highest BCUT2D eigenvalue weighted by molar-refractivity contribution is 7.09. The fourth-order valence-corrected chi connectivity index (χ4v) is 3.77. The number of anilines is 1. The minimum Gasteiger partial charge on any atom is -0.493 e. The summed E-state index contributed by atoms with van der Waals surface area (Å²) in [5, 5.41) is 5.54. The largest absolute Gasteiger partial charge is 0.493 e. The third-order valence-electron chi connectivity index (χ3n) is 4.83. The zero-order chi connectivity index (χ0) is 20.6. The number of rotatable bonds is 10. The molecular formula is C23H29N3O2S. The Morgan fingerprint density at radius 1 is 1.17 bits per heavy atom. The van der Waals surface area contributed by atoms with Gasteiger partial charge in [0.15, 0.2) is 0 Å². The van der Waals surface area contributed by atoms with Crippen molar-refractivity contribution in [2.45, 2.75) is 19.9 Å². The van der Waals surface area contributed by atoms with Crippen molar-refractivity contribution in [3.8, 4) is 5.75 Å². The maximum atomic E-state index is 12.5. The van der Waals surface area contributed by atoms with Crippen LogP contribution in [0.2, 0.25) is 0 Å². The van der Waals surface area contributed by atoms with Crippen molar-refractivity contribution >= 4 is 17.0 Å². The van der Waals surface area contributed by atoms with Crippen molar-refractivity contribution in [3.63, 3.8) is 0 Å². The molecule has 0 amide bonds. The number of hydrogen-bond donors (Lipinski definition) is 1. The number of nitrogens with zero attached hydrogens (tertiary/aromatic N) is 2. The quantitative estimate of drug-likeness (QED) is 0.550. The highest BCUT2D eigenvalue weighted by atomic mass is 32.1. The lowest BCUT2D eigenvalue weighted by molar-refractivity contribution is 0.321. The Morgan fingerprint density at radius 3 is 2.76 bits per heavy atom. The summed E-state index contributed by atoms with van der Waals surface area (Å²) in [4.78, 5) is 16.0. The number of pyridine rings is 1. The van der Waals surface area contributed by atoms with Gasteiger partial charge in [-0.25, -0.2) is 0 Å². The van der Waals surface area contributed by atoms with Crippen LogP contribution in [0.3, 0.4) is 0 Å². The highest BCUT2D eigenvalue weighted by Gasteiger charge is 2.07. The van der Waals surface area contributed by atoms with E-state index in [2.05, 4.69) is 54.8 Å². The summed E-state index contributed by atoms with van der Waals surface area (Å²) in [5.41, 5.74) is 3.37. The van der Waals surface area contributed by atoms with Crippen LogP contribution < -0.4 is 15.6 Å². The summed E-state index contributed by atoms with van der Waals surface area (Å²) in [6.45, 7) is 5.07. The molecule has 0 aliphatic rings. The number of ether oxygens (including phenoxy) is 1. The van der Waals surface area contributed by atoms with Crippen LogP contribution in [0.15, 0.2) is 58.8 Å². The van der Waals surface area contributed by atoms with Gasteiger partial charge >= 0.3 is 0 Å². The van der Waals surface area contributed by atoms with Crippen LogP contribution in [0, 0.1) is 6.92 Å². The van der Waals surface area contributed by atoms with Gasteiger partial charge in [0.1, 0.15) is 5.75 Å². The molecule has 3 rings (SSSR count). The molecule has 6 heteroatoms. The number of benzene rings is 1. The van der Waals surface area contributed by atoms with Gasteiger partial charge in [-0.05, 0) is 55.7 Å². The topological polar surface area (TPSA) is 46.5 Å². The summed E-state index contributed by atoms with van der Waals surface area (Å²) >= 11 is 1.72. The van der Waals surface area contributed by atoms with Gasteiger partial charge in [-0.2, -0.15) is 0 Å². The molecule has 29 heavy (non-hydrogen) atoms. The molecule has 0 saturated carbocycles. The van der Waals surface area contributed by atoms with E-state index in [1.165, 1.54) is 10.4 Å². The number of hydrogen-bond acceptors (Lipinski definition) is 5. The van der Waals surface area contributed by atoms with Gasteiger partial charge in [-0.1, -0.05) is 18.2 Å². The van der Waals surface area contributed by atoms with E-state index >= 15 is 0 Å². The van der Waals surface area contributed by atoms with E-state index in [-0.39, 0.29) is 5.56 Å². The first-order chi connectivity index (χ1) is 14.0. The monoisotopic (exact) mass is 411 g/mol. The van der Waals surface area contributed by atoms with Crippen LogP contribution in [0.4, 0.5) is 5.69 Å². The van der Waals surface area contributed by atoms with Gasteiger partial charge in [0, 0.05) is 42.3 Å². The standard InChI is InChI=1S/C23H29N3O2S/c1-18-19(6-4-8-22(18)24-11-13-25(2)3)17-26-12-9-20(16-23(26)27)28-14-10-21-7-5-15-29-21/h4-9,12,15-16,24H,10-11,13-14,17H2,1-3H3. The summed E-state index contributed by atoms with van der Waals surface area (Å²) in [6, 6.07) is 13.8. The Hall–Kier alpha value is -2.57. The number of likely N-dealkylation sites (N-methyl/N-ethyl adjacent to an activating group) is 1. The summed E-state index contributed by atoms with van der Waals surface area (Å²) in [6.07, 6.45) is 2.67. The molecule has 5 nitrogen and oxygen atoms in total. The van der Waals surface area contributed by atoms with Gasteiger partial charge in [0.25, 0.3) is 5.56 Å². The lowest BCUT2D eigenvalue weighted by atomic mass is 10.1. The first-order valence-electron chi connectivity index (χ1n) is 9.85. The summed E-state index contributed by atoms with van der Waals surface area (Å²) in [5.74, 6) is 0.624. The minimum absolute atomic E-state index is 0.0519. The Morgan fingerprint density at radius 2 is 2.03 bits per heavy atom. The number of nitrogens with one attached hydrogen (secondary N) is 1. The molecule has 0 radical (unpaired) electrons. The fourth-order valence-electron chi connectivity index (χ4n) is 3.08. The van der Waals surface area contributed by atoms with E-state index in [1.807, 2.05) is 24.4 Å². The second-order valence-electron chi connectivity index (χ2n) is 7.33. The Balaban J connectivity index is 1.61. The Labute approximate surface area is 176 Å². The molecule has 1 aromatic carbocycles. The average molecular weight is 412 g/mol. The molecule has 0 aliphatic carbocycles. The van der Waals surface area contributed by atoms with Crippen LogP contribution in [0.5, 0.6) is 5.75 Å². The SMILES string of the molecule is Cc1c(Cn2ccc(OCCc3cccs3)cc2=O)cccc1NCCN(C)C. The van der Waals surface area contributed by atoms with Crippen molar-refractivity contribution in [2.24, 2.45) is 0 Å². The normalized spacial score (nSPS) is 11.0. The predicted molar refractivity (Wildman–Crippen MR) is 122 cm³/mol. The Bertz CT molecular complexity index is 965. The molecule has 0 atom stereocenters. The van der Waals surface area contributed by atoms with Crippen molar-refractivity contribution in [1.29, 1.82) is 0 Å². The molecule has 2 heterocycles. The van der Waals surface area contributed by atoms with Crippen molar-refractivity contribution in [1.82, 2.24) is 9.47 Å². The maximum absolute atomic E-state index is 12.5. The second kappa shape index (κ2) is 10.3. The molecular weight excluding hydrogens is 382 g/mol. The maximum Gasteiger partial charge on any atom is 0.254 e. The molecule has 0 fully saturated rings. The average Bonchev–Trinajstić information content (AvgIpc) is 3.20. The third-order valence-corrected chi connectivity index (χ3v) is 5.76. The molecule has 0 unspecified atom stereocenters. The zero-order valence-electron chi connectivity index (χ0n) is 17.4. The first kappa shape index (κ1) is 21.1. The van der Waals surface area contributed by atoms with E-state index in [4.69, 9.17) is 4.74 Å². The number of aromatic nitrogens is 1. The number of thiophene rings is 1. The lowest BCUT2D eigenvalue weighted by Gasteiger charge is -2.16. The molecule has 0 aliphatic heterocycles. The lowest BCUT2D eigenvalue weighted by Crippen LogP contribution is -2.22. The van der Waals surface area contributed by atoms with Crippen LogP contribution in [-0.2, 0) is 13.0 Å². The predicted octanol–water partition coefficient (Wildman–Crippen LogP) is 3.86. The van der Waals surface area contributed by atoms with E-state index in [0.29, 0.717) is 18.9 Å². The minimum atomic E-state index is -0.0519. The van der Waals surface area contributed by atoms with Crippen LogP contribution in [-0.4, -0.2) is 43.3 Å². The van der Waals surface area contributed by atoms with E-state index in [1.54, 1.807) is 22.0 Å². The van der Waals surface area contributed by atoms with Crippen LogP contribution in [0.1, 0.15) is 16.0 Å². The summed E-state index contributed by atoms with van der Waals surface area (Å²) < 4.78 is 7.47. The molecule has 0 saturated heterocycles. The van der Waals surface area contributed by atoms with Crippen LogP contribution in [0.25, 0.3) is 0 Å².